The van der Waals surface area contributed by atoms with Gasteiger partial charge in [-0.2, -0.15) is 0 Å². The van der Waals surface area contributed by atoms with Gasteiger partial charge in [-0.25, -0.2) is 9.78 Å². The maximum Gasteiger partial charge on any atom is 0.338 e. The Morgan fingerprint density at radius 3 is 2.54 bits per heavy atom. The summed E-state index contributed by atoms with van der Waals surface area (Å²) >= 11 is 0. The Morgan fingerprint density at radius 2 is 1.88 bits per heavy atom. The summed E-state index contributed by atoms with van der Waals surface area (Å²) in [5.41, 5.74) is 2.69. The zero-order valence-corrected chi connectivity index (χ0v) is 15.4. The summed E-state index contributed by atoms with van der Waals surface area (Å²) in [7, 11) is 0. The molecule has 2 N–H and O–H groups in total. The minimum absolute atomic E-state index is 0.232. The molecule has 0 fully saturated rings. The van der Waals surface area contributed by atoms with Gasteiger partial charge in [-0.1, -0.05) is 0 Å². The van der Waals surface area contributed by atoms with Gasteiger partial charge in [0.2, 0.25) is 5.95 Å². The lowest BCUT2D eigenvalue weighted by Gasteiger charge is -2.21. The molecule has 2 aromatic carbocycles. The first-order valence-electron chi connectivity index (χ1n) is 8.57. The monoisotopic (exact) mass is 353 g/mol. The van der Waals surface area contributed by atoms with Gasteiger partial charge in [0.25, 0.3) is 0 Å². The molecule has 0 aliphatic rings. The maximum atomic E-state index is 11.8. The fourth-order valence-corrected chi connectivity index (χ4v) is 2.51. The molecule has 1 heterocycles. The number of aromatic amines is 1. The van der Waals surface area contributed by atoms with Crippen molar-refractivity contribution >= 4 is 28.6 Å². The molecule has 1 aromatic heterocycles. The highest BCUT2D eigenvalue weighted by atomic mass is 16.5. The van der Waals surface area contributed by atoms with Crippen LogP contribution in [-0.2, 0) is 4.74 Å². The van der Waals surface area contributed by atoms with Crippen molar-refractivity contribution in [1.82, 2.24) is 9.97 Å². The number of aromatic nitrogens is 2. The van der Waals surface area contributed by atoms with Gasteiger partial charge < -0.3 is 19.8 Å². The number of H-pyrrole nitrogens is 1. The van der Waals surface area contributed by atoms with Crippen LogP contribution in [0.4, 0.5) is 11.6 Å². The molecule has 26 heavy (non-hydrogen) atoms. The molecular formula is C20H23N3O3. The third kappa shape index (κ3) is 4.33. The van der Waals surface area contributed by atoms with Crippen LogP contribution in [0.5, 0.6) is 5.75 Å². The van der Waals surface area contributed by atoms with Gasteiger partial charge >= 0.3 is 5.97 Å². The zero-order chi connectivity index (χ0) is 18.7. The molecule has 136 valence electrons. The number of nitrogens with zero attached hydrogens (tertiary/aromatic N) is 1. The van der Waals surface area contributed by atoms with E-state index in [1.807, 2.05) is 45.0 Å². The number of esters is 1. The van der Waals surface area contributed by atoms with Crippen molar-refractivity contribution in [3.8, 4) is 5.75 Å². The van der Waals surface area contributed by atoms with Crippen LogP contribution < -0.4 is 10.1 Å². The molecule has 0 aliphatic heterocycles. The predicted octanol–water partition coefficient (Wildman–Crippen LogP) is 4.66. The first-order valence-corrected chi connectivity index (χ1v) is 8.57. The summed E-state index contributed by atoms with van der Waals surface area (Å²) in [5.74, 6) is 1.07. The average Bonchev–Trinajstić information content (AvgIpc) is 2.97. The van der Waals surface area contributed by atoms with E-state index in [1.165, 1.54) is 0 Å². The van der Waals surface area contributed by atoms with Crippen LogP contribution in [0.15, 0.2) is 42.5 Å². The molecule has 0 spiro atoms. The third-order valence-electron chi connectivity index (χ3n) is 3.53. The smallest absolute Gasteiger partial charge is 0.338 e. The second-order valence-electron chi connectivity index (χ2n) is 6.90. The van der Waals surface area contributed by atoms with Gasteiger partial charge in [-0.05, 0) is 70.2 Å². The standard InChI is InChI=1S/C20H23N3O3/c1-5-25-18(24)13-6-11-16-17(12-13)23-19(22-16)21-14-7-9-15(10-8-14)26-20(2,3)4/h6-12H,5H2,1-4H3,(H2,21,22,23). The Morgan fingerprint density at radius 1 is 1.15 bits per heavy atom. The second kappa shape index (κ2) is 7.07. The van der Waals surface area contributed by atoms with Gasteiger partial charge in [-0.3, -0.25) is 0 Å². The van der Waals surface area contributed by atoms with Gasteiger partial charge in [-0.15, -0.1) is 0 Å². The largest absolute Gasteiger partial charge is 0.488 e. The highest BCUT2D eigenvalue weighted by molar-refractivity contribution is 5.94. The van der Waals surface area contributed by atoms with E-state index < -0.39 is 0 Å². The summed E-state index contributed by atoms with van der Waals surface area (Å²) < 4.78 is 10.8. The molecule has 0 saturated carbocycles. The quantitative estimate of drug-likeness (QED) is 0.652. The highest BCUT2D eigenvalue weighted by Crippen LogP contribution is 2.23. The molecule has 3 aromatic rings. The van der Waals surface area contributed by atoms with Crippen LogP contribution >= 0.6 is 0 Å². The topological polar surface area (TPSA) is 76.2 Å². The SMILES string of the molecule is CCOC(=O)c1ccc2nc(Nc3ccc(OC(C)(C)C)cc3)[nH]c2c1. The second-order valence-corrected chi connectivity index (χ2v) is 6.90. The first kappa shape index (κ1) is 17.8. The highest BCUT2D eigenvalue weighted by Gasteiger charge is 2.12. The molecule has 0 atom stereocenters. The van der Waals surface area contributed by atoms with Crippen LogP contribution in [0.3, 0.4) is 0 Å². The summed E-state index contributed by atoms with van der Waals surface area (Å²) in [6.07, 6.45) is 0. The third-order valence-corrected chi connectivity index (χ3v) is 3.53. The van der Waals surface area contributed by atoms with Crippen LogP contribution in [0.2, 0.25) is 0 Å². The number of imidazole rings is 1. The maximum absolute atomic E-state index is 11.8. The van der Waals surface area contributed by atoms with Crippen LogP contribution in [0.25, 0.3) is 11.0 Å². The molecule has 0 unspecified atom stereocenters. The van der Waals surface area contributed by atoms with Crippen LogP contribution in [0, 0.1) is 0 Å². The lowest BCUT2D eigenvalue weighted by Crippen LogP contribution is -2.22. The van der Waals surface area contributed by atoms with Crippen molar-refractivity contribution in [2.24, 2.45) is 0 Å². The number of nitrogens with one attached hydrogen (secondary N) is 2. The van der Waals surface area contributed by atoms with Crippen molar-refractivity contribution in [2.75, 3.05) is 11.9 Å². The van der Waals surface area contributed by atoms with E-state index in [4.69, 9.17) is 9.47 Å². The summed E-state index contributed by atoms with van der Waals surface area (Å²) in [5, 5.41) is 3.22. The first-order chi connectivity index (χ1) is 12.3. The van der Waals surface area contributed by atoms with E-state index >= 15 is 0 Å². The number of rotatable bonds is 5. The fraction of sp³-hybridized carbons (Fsp3) is 0.300. The average molecular weight is 353 g/mol. The number of hydrogen-bond acceptors (Lipinski definition) is 5. The van der Waals surface area contributed by atoms with E-state index in [0.29, 0.717) is 18.1 Å². The van der Waals surface area contributed by atoms with Gasteiger partial charge in [0.15, 0.2) is 0 Å². The Labute approximate surface area is 152 Å². The summed E-state index contributed by atoms with van der Waals surface area (Å²) in [6.45, 7) is 8.17. The molecule has 3 rings (SSSR count). The fourth-order valence-electron chi connectivity index (χ4n) is 2.51. The Balaban J connectivity index is 1.75. The number of ether oxygens (including phenoxy) is 2. The lowest BCUT2D eigenvalue weighted by atomic mass is 10.2. The molecule has 0 saturated heterocycles. The number of hydrogen-bond donors (Lipinski definition) is 2. The zero-order valence-electron chi connectivity index (χ0n) is 15.4. The van der Waals surface area contributed by atoms with Crippen molar-refractivity contribution < 1.29 is 14.3 Å². The van der Waals surface area contributed by atoms with E-state index in [1.54, 1.807) is 25.1 Å². The van der Waals surface area contributed by atoms with Gasteiger partial charge in [0.1, 0.15) is 11.4 Å². The number of anilines is 2. The normalized spacial score (nSPS) is 11.4. The number of carbonyl (C=O) groups is 1. The van der Waals surface area contributed by atoms with Crippen LogP contribution in [-0.4, -0.2) is 28.1 Å². The van der Waals surface area contributed by atoms with Crippen molar-refractivity contribution in [1.29, 1.82) is 0 Å². The molecule has 0 radical (unpaired) electrons. The minimum atomic E-state index is -0.340. The molecule has 0 bridgehead atoms. The Bertz CT molecular complexity index is 908. The van der Waals surface area contributed by atoms with Crippen LogP contribution in [0.1, 0.15) is 38.1 Å². The minimum Gasteiger partial charge on any atom is -0.488 e. The molecule has 6 nitrogen and oxygen atoms in total. The molecule has 0 aliphatic carbocycles. The van der Waals surface area contributed by atoms with E-state index in [-0.39, 0.29) is 11.6 Å². The molecule has 6 heteroatoms. The van der Waals surface area contributed by atoms with Gasteiger partial charge in [0, 0.05) is 5.69 Å². The summed E-state index contributed by atoms with van der Waals surface area (Å²) in [6, 6.07) is 12.9. The van der Waals surface area contributed by atoms with Crippen molar-refractivity contribution in [2.45, 2.75) is 33.3 Å². The molecular weight excluding hydrogens is 330 g/mol. The van der Waals surface area contributed by atoms with Crippen molar-refractivity contribution in [3.63, 3.8) is 0 Å². The van der Waals surface area contributed by atoms with E-state index in [9.17, 15) is 4.79 Å². The lowest BCUT2D eigenvalue weighted by molar-refractivity contribution is 0.0526. The predicted molar refractivity (Wildman–Crippen MR) is 102 cm³/mol. The number of benzene rings is 2. The van der Waals surface area contributed by atoms with Crippen molar-refractivity contribution in [3.05, 3.63) is 48.0 Å². The Hall–Kier alpha value is -3.02. The van der Waals surface area contributed by atoms with E-state index in [0.717, 1.165) is 22.5 Å². The summed E-state index contributed by atoms with van der Waals surface area (Å²) in [4.78, 5) is 19.5. The molecule has 0 amide bonds. The Kier molecular flexibility index (Phi) is 4.84. The number of carbonyl (C=O) groups excluding carboxylic acids is 1. The van der Waals surface area contributed by atoms with E-state index in [2.05, 4.69) is 15.3 Å². The number of fused-ring (bicyclic) bond motifs is 1. The van der Waals surface area contributed by atoms with Gasteiger partial charge in [0.05, 0.1) is 23.2 Å².